The molecule has 27 heavy (non-hydrogen) atoms. The summed E-state index contributed by atoms with van der Waals surface area (Å²) in [6.45, 7) is 0. The summed E-state index contributed by atoms with van der Waals surface area (Å²) < 4.78 is 27.6. The fraction of sp³-hybridized carbons (Fsp3) is 0. The van der Waals surface area contributed by atoms with Gasteiger partial charge in [-0.25, -0.2) is 13.2 Å². The molecule has 0 bridgehead atoms. The molecular formula is C21H17NO4S. The molecule has 0 aliphatic heterocycles. The Kier molecular flexibility index (Phi) is 5.38. The zero-order valence-electron chi connectivity index (χ0n) is 14.2. The van der Waals surface area contributed by atoms with Crippen LogP contribution in [0.15, 0.2) is 89.8 Å². The van der Waals surface area contributed by atoms with Crippen LogP contribution in [0, 0.1) is 0 Å². The van der Waals surface area contributed by atoms with Crippen LogP contribution in [0.1, 0.15) is 5.56 Å². The fourth-order valence-electron chi connectivity index (χ4n) is 2.50. The number of anilines is 1. The molecule has 0 aromatic heterocycles. The number of carbonyl (C=O) groups is 1. The molecule has 3 rings (SSSR count). The molecule has 136 valence electrons. The van der Waals surface area contributed by atoms with E-state index in [0.717, 1.165) is 17.2 Å². The van der Waals surface area contributed by atoms with Gasteiger partial charge in [-0.1, -0.05) is 54.6 Å². The van der Waals surface area contributed by atoms with E-state index in [-0.39, 0.29) is 4.90 Å². The zero-order valence-corrected chi connectivity index (χ0v) is 15.1. The monoisotopic (exact) mass is 379 g/mol. The van der Waals surface area contributed by atoms with Gasteiger partial charge in [0, 0.05) is 11.8 Å². The van der Waals surface area contributed by atoms with E-state index >= 15 is 0 Å². The average Bonchev–Trinajstić information content (AvgIpc) is 2.68. The van der Waals surface area contributed by atoms with Crippen molar-refractivity contribution in [2.24, 2.45) is 0 Å². The van der Waals surface area contributed by atoms with E-state index in [1.807, 2.05) is 42.5 Å². The lowest BCUT2D eigenvalue weighted by molar-refractivity contribution is -0.131. The van der Waals surface area contributed by atoms with E-state index in [4.69, 9.17) is 5.11 Å². The Morgan fingerprint density at radius 1 is 0.815 bits per heavy atom. The number of sulfonamides is 1. The van der Waals surface area contributed by atoms with Gasteiger partial charge in [-0.2, -0.15) is 0 Å². The van der Waals surface area contributed by atoms with Gasteiger partial charge < -0.3 is 5.11 Å². The normalized spacial score (nSPS) is 11.4. The Bertz CT molecular complexity index is 1060. The lowest BCUT2D eigenvalue weighted by Gasteiger charge is -2.09. The van der Waals surface area contributed by atoms with Crippen molar-refractivity contribution in [3.05, 3.63) is 90.5 Å². The van der Waals surface area contributed by atoms with Crippen LogP contribution >= 0.6 is 0 Å². The van der Waals surface area contributed by atoms with Gasteiger partial charge in [0.15, 0.2) is 0 Å². The van der Waals surface area contributed by atoms with Crippen molar-refractivity contribution in [2.45, 2.75) is 4.90 Å². The Morgan fingerprint density at radius 3 is 2.00 bits per heavy atom. The summed E-state index contributed by atoms with van der Waals surface area (Å²) in [5, 5.41) is 8.62. The lowest BCUT2D eigenvalue weighted by Crippen LogP contribution is -2.12. The van der Waals surface area contributed by atoms with Crippen molar-refractivity contribution in [1.82, 2.24) is 0 Å². The quantitative estimate of drug-likeness (QED) is 0.627. The van der Waals surface area contributed by atoms with E-state index in [1.165, 1.54) is 18.2 Å². The summed E-state index contributed by atoms with van der Waals surface area (Å²) >= 11 is 0. The first-order valence-corrected chi connectivity index (χ1v) is 9.62. The molecule has 0 aliphatic rings. The molecule has 0 fully saturated rings. The van der Waals surface area contributed by atoms with Gasteiger partial charge in [0.25, 0.3) is 10.0 Å². The predicted octanol–water partition coefficient (Wildman–Crippen LogP) is 4.25. The van der Waals surface area contributed by atoms with Crippen molar-refractivity contribution in [3.8, 4) is 11.1 Å². The summed E-state index contributed by atoms with van der Waals surface area (Å²) in [7, 11) is -3.73. The Morgan fingerprint density at radius 2 is 1.41 bits per heavy atom. The van der Waals surface area contributed by atoms with Crippen molar-refractivity contribution in [2.75, 3.05) is 4.72 Å². The number of hydrogen-bond acceptors (Lipinski definition) is 3. The minimum atomic E-state index is -3.73. The number of carboxylic acid groups (broad SMARTS) is 1. The smallest absolute Gasteiger partial charge is 0.328 e. The summed E-state index contributed by atoms with van der Waals surface area (Å²) in [6.07, 6.45) is 2.39. The topological polar surface area (TPSA) is 83.5 Å². The van der Waals surface area contributed by atoms with Crippen LogP contribution < -0.4 is 4.72 Å². The molecule has 0 spiro atoms. The molecule has 0 unspecified atom stereocenters. The predicted molar refractivity (Wildman–Crippen MR) is 106 cm³/mol. The van der Waals surface area contributed by atoms with Gasteiger partial charge in [-0.05, 0) is 47.0 Å². The fourth-order valence-corrected chi connectivity index (χ4v) is 3.56. The van der Waals surface area contributed by atoms with Crippen LogP contribution in [0.3, 0.4) is 0 Å². The highest BCUT2D eigenvalue weighted by Crippen LogP contribution is 2.23. The van der Waals surface area contributed by atoms with Gasteiger partial charge in [0.1, 0.15) is 0 Å². The largest absolute Gasteiger partial charge is 0.478 e. The molecule has 0 amide bonds. The summed E-state index contributed by atoms with van der Waals surface area (Å²) in [6, 6.07) is 22.9. The third-order valence-electron chi connectivity index (χ3n) is 3.85. The molecule has 6 heteroatoms. The summed E-state index contributed by atoms with van der Waals surface area (Å²) in [5.41, 5.74) is 3.11. The van der Waals surface area contributed by atoms with Gasteiger partial charge in [-0.3, -0.25) is 4.72 Å². The van der Waals surface area contributed by atoms with Crippen molar-refractivity contribution in [1.29, 1.82) is 0 Å². The molecule has 0 radical (unpaired) electrons. The second kappa shape index (κ2) is 7.88. The van der Waals surface area contributed by atoms with Crippen LogP contribution in [-0.2, 0) is 14.8 Å². The second-order valence-corrected chi connectivity index (χ2v) is 7.47. The summed E-state index contributed by atoms with van der Waals surface area (Å²) in [4.78, 5) is 10.6. The van der Waals surface area contributed by atoms with E-state index in [9.17, 15) is 13.2 Å². The standard InChI is InChI=1S/C21H17NO4S/c23-21(24)15-8-16-6-13-20(14-7-16)27(25,26)22-19-11-9-18(10-12-19)17-4-2-1-3-5-17/h1-15,22H,(H,23,24). The number of aliphatic carboxylic acids is 1. The molecule has 0 saturated carbocycles. The molecule has 0 heterocycles. The number of rotatable bonds is 6. The van der Waals surface area contributed by atoms with Gasteiger partial charge in [-0.15, -0.1) is 0 Å². The molecule has 5 nitrogen and oxygen atoms in total. The third kappa shape index (κ3) is 4.83. The zero-order chi connectivity index (χ0) is 19.3. The molecule has 3 aromatic carbocycles. The minimum absolute atomic E-state index is 0.0992. The first-order valence-electron chi connectivity index (χ1n) is 8.13. The van der Waals surface area contributed by atoms with Crippen LogP contribution in [0.25, 0.3) is 17.2 Å². The van der Waals surface area contributed by atoms with Gasteiger partial charge in [0.2, 0.25) is 0 Å². The number of hydrogen-bond donors (Lipinski definition) is 2. The Labute approximate surface area is 157 Å². The maximum atomic E-state index is 12.5. The number of carboxylic acids is 1. The summed E-state index contributed by atoms with van der Waals surface area (Å²) in [5.74, 6) is -1.06. The average molecular weight is 379 g/mol. The maximum Gasteiger partial charge on any atom is 0.328 e. The van der Waals surface area contributed by atoms with Crippen LogP contribution in [-0.4, -0.2) is 19.5 Å². The van der Waals surface area contributed by atoms with E-state index in [2.05, 4.69) is 4.72 Å². The highest BCUT2D eigenvalue weighted by atomic mass is 32.2. The van der Waals surface area contributed by atoms with E-state index in [0.29, 0.717) is 11.3 Å². The maximum absolute atomic E-state index is 12.5. The third-order valence-corrected chi connectivity index (χ3v) is 5.25. The Hall–Kier alpha value is -3.38. The SMILES string of the molecule is O=C(O)C=Cc1ccc(S(=O)(=O)Nc2ccc(-c3ccccc3)cc2)cc1. The van der Waals surface area contributed by atoms with Gasteiger partial charge >= 0.3 is 5.97 Å². The van der Waals surface area contributed by atoms with Crippen molar-refractivity contribution < 1.29 is 18.3 Å². The number of nitrogens with one attached hydrogen (secondary N) is 1. The molecule has 0 atom stereocenters. The van der Waals surface area contributed by atoms with Gasteiger partial charge in [0.05, 0.1) is 4.90 Å². The second-order valence-electron chi connectivity index (χ2n) is 5.79. The molecule has 0 aliphatic carbocycles. The molecule has 2 N–H and O–H groups in total. The first kappa shape index (κ1) is 18.4. The van der Waals surface area contributed by atoms with Crippen LogP contribution in [0.5, 0.6) is 0 Å². The molecular weight excluding hydrogens is 362 g/mol. The van der Waals surface area contributed by atoms with Crippen LogP contribution in [0.4, 0.5) is 5.69 Å². The lowest BCUT2D eigenvalue weighted by atomic mass is 10.1. The van der Waals surface area contributed by atoms with Crippen LogP contribution in [0.2, 0.25) is 0 Å². The molecule has 0 saturated heterocycles. The van der Waals surface area contributed by atoms with E-state index in [1.54, 1.807) is 24.3 Å². The van der Waals surface area contributed by atoms with E-state index < -0.39 is 16.0 Å². The highest BCUT2D eigenvalue weighted by Gasteiger charge is 2.13. The highest BCUT2D eigenvalue weighted by molar-refractivity contribution is 7.92. The first-order chi connectivity index (χ1) is 12.9. The number of benzene rings is 3. The molecule has 3 aromatic rings. The Balaban J connectivity index is 1.75. The minimum Gasteiger partial charge on any atom is -0.478 e. The van der Waals surface area contributed by atoms with Crippen molar-refractivity contribution >= 4 is 27.8 Å². The van der Waals surface area contributed by atoms with Crippen molar-refractivity contribution in [3.63, 3.8) is 0 Å².